The molecule has 2 aromatic carbocycles. The third kappa shape index (κ3) is 5.80. The Morgan fingerprint density at radius 3 is 2.37 bits per heavy atom. The molecule has 1 atom stereocenters. The van der Waals surface area contributed by atoms with Gasteiger partial charge >= 0.3 is 12.1 Å². The lowest BCUT2D eigenvalue weighted by molar-refractivity contribution is -0.142. The Balaban J connectivity index is 2.09. The standard InChI is InChI=1S/C18H20N2O6S/c1-25-17(21)15(19)11-14-9-5-6-10-16(14)27(23,24)20-18(22)26-12-13-7-3-2-4-8-13/h2-10,15H,11-12,19H2,1H3,(H,20,22)/t15-/m0/s1. The van der Waals surface area contributed by atoms with Gasteiger partial charge in [-0.15, -0.1) is 0 Å². The molecule has 27 heavy (non-hydrogen) atoms. The number of sulfonamides is 1. The van der Waals surface area contributed by atoms with E-state index in [0.29, 0.717) is 0 Å². The lowest BCUT2D eigenvalue weighted by atomic mass is 10.1. The molecule has 9 heteroatoms. The van der Waals surface area contributed by atoms with Crippen molar-refractivity contribution in [1.29, 1.82) is 0 Å². The maximum Gasteiger partial charge on any atom is 0.421 e. The van der Waals surface area contributed by atoms with E-state index >= 15 is 0 Å². The van der Waals surface area contributed by atoms with Crippen molar-refractivity contribution in [2.24, 2.45) is 5.73 Å². The third-order valence-electron chi connectivity index (χ3n) is 3.64. The molecule has 144 valence electrons. The van der Waals surface area contributed by atoms with Gasteiger partial charge in [0.25, 0.3) is 10.0 Å². The molecule has 1 amide bonds. The molecule has 0 radical (unpaired) electrons. The highest BCUT2D eigenvalue weighted by molar-refractivity contribution is 7.90. The second kappa shape index (κ2) is 9.15. The summed E-state index contributed by atoms with van der Waals surface area (Å²) < 4.78 is 36.4. The number of amides is 1. The Morgan fingerprint density at radius 2 is 1.70 bits per heavy atom. The Hall–Kier alpha value is -2.91. The Labute approximate surface area is 157 Å². The van der Waals surface area contributed by atoms with Gasteiger partial charge < -0.3 is 15.2 Å². The molecule has 3 N–H and O–H groups in total. The summed E-state index contributed by atoms with van der Waals surface area (Å²) in [5.74, 6) is -0.669. The van der Waals surface area contributed by atoms with Crippen LogP contribution in [0.1, 0.15) is 11.1 Å². The lowest BCUT2D eigenvalue weighted by Gasteiger charge is -2.14. The topological polar surface area (TPSA) is 125 Å². The van der Waals surface area contributed by atoms with Crippen LogP contribution in [0.25, 0.3) is 0 Å². The van der Waals surface area contributed by atoms with Gasteiger partial charge in [0.05, 0.1) is 12.0 Å². The quantitative estimate of drug-likeness (QED) is 0.681. The van der Waals surface area contributed by atoms with E-state index in [1.807, 2.05) is 10.8 Å². The van der Waals surface area contributed by atoms with Crippen LogP contribution in [0, 0.1) is 0 Å². The first-order valence-corrected chi connectivity index (χ1v) is 9.46. The number of nitrogens with two attached hydrogens (primary N) is 1. The van der Waals surface area contributed by atoms with E-state index in [1.54, 1.807) is 30.3 Å². The molecular formula is C18H20N2O6S. The molecule has 0 saturated heterocycles. The number of esters is 1. The fourth-order valence-electron chi connectivity index (χ4n) is 2.32. The van der Waals surface area contributed by atoms with E-state index < -0.39 is 28.1 Å². The van der Waals surface area contributed by atoms with Crippen LogP contribution in [0.15, 0.2) is 59.5 Å². The summed E-state index contributed by atoms with van der Waals surface area (Å²) in [7, 11) is -3.02. The molecule has 8 nitrogen and oxygen atoms in total. The van der Waals surface area contributed by atoms with Gasteiger partial charge in [-0.25, -0.2) is 17.9 Å². The minimum Gasteiger partial charge on any atom is -0.468 e. The molecule has 0 aliphatic carbocycles. The minimum atomic E-state index is -4.20. The van der Waals surface area contributed by atoms with Crippen LogP contribution in [-0.4, -0.2) is 33.6 Å². The molecule has 0 unspecified atom stereocenters. The molecule has 2 rings (SSSR count). The molecular weight excluding hydrogens is 372 g/mol. The zero-order valence-corrected chi connectivity index (χ0v) is 15.4. The van der Waals surface area contributed by atoms with E-state index in [4.69, 9.17) is 10.5 Å². The Bertz CT molecular complexity index is 899. The Kier molecular flexibility index (Phi) is 6.91. The zero-order valence-electron chi connectivity index (χ0n) is 14.6. The average Bonchev–Trinajstić information content (AvgIpc) is 2.66. The molecule has 0 heterocycles. The molecule has 0 spiro atoms. The summed E-state index contributed by atoms with van der Waals surface area (Å²) in [6.07, 6.45) is -1.17. The molecule has 0 aliphatic rings. The van der Waals surface area contributed by atoms with E-state index in [1.165, 1.54) is 25.3 Å². The van der Waals surface area contributed by atoms with Crippen LogP contribution >= 0.6 is 0 Å². The predicted octanol–water partition coefficient (Wildman–Crippen LogP) is 1.34. The monoisotopic (exact) mass is 392 g/mol. The van der Waals surface area contributed by atoms with Gasteiger partial charge in [-0.05, 0) is 23.6 Å². The van der Waals surface area contributed by atoms with Gasteiger partial charge in [-0.3, -0.25) is 4.79 Å². The first-order valence-electron chi connectivity index (χ1n) is 7.98. The van der Waals surface area contributed by atoms with Crippen LogP contribution < -0.4 is 10.5 Å². The summed E-state index contributed by atoms with van der Waals surface area (Å²) in [5.41, 5.74) is 6.70. The van der Waals surface area contributed by atoms with Crippen molar-refractivity contribution in [3.05, 3.63) is 65.7 Å². The third-order valence-corrected chi connectivity index (χ3v) is 5.05. The van der Waals surface area contributed by atoms with Crippen molar-refractivity contribution in [2.45, 2.75) is 24.0 Å². The number of carbonyl (C=O) groups excluding carboxylic acids is 2. The highest BCUT2D eigenvalue weighted by Crippen LogP contribution is 2.17. The highest BCUT2D eigenvalue weighted by atomic mass is 32.2. The largest absolute Gasteiger partial charge is 0.468 e. The van der Waals surface area contributed by atoms with Gasteiger partial charge in [0.1, 0.15) is 12.6 Å². The molecule has 0 aromatic heterocycles. The summed E-state index contributed by atoms with van der Waals surface area (Å²) in [6.45, 7) is -0.0724. The highest BCUT2D eigenvalue weighted by Gasteiger charge is 2.24. The van der Waals surface area contributed by atoms with E-state index in [-0.39, 0.29) is 23.5 Å². The predicted molar refractivity (Wildman–Crippen MR) is 97.1 cm³/mol. The summed E-state index contributed by atoms with van der Waals surface area (Å²) >= 11 is 0. The van der Waals surface area contributed by atoms with E-state index in [9.17, 15) is 18.0 Å². The van der Waals surface area contributed by atoms with Crippen LogP contribution in [0.2, 0.25) is 0 Å². The van der Waals surface area contributed by atoms with Gasteiger partial charge in [0.2, 0.25) is 0 Å². The average molecular weight is 392 g/mol. The summed E-state index contributed by atoms with van der Waals surface area (Å²) in [5, 5.41) is 0. The Morgan fingerprint density at radius 1 is 1.07 bits per heavy atom. The lowest BCUT2D eigenvalue weighted by Crippen LogP contribution is -2.35. The summed E-state index contributed by atoms with van der Waals surface area (Å²) in [4.78, 5) is 23.2. The second-order valence-corrected chi connectivity index (χ2v) is 7.26. The number of carbonyl (C=O) groups is 2. The second-order valence-electron chi connectivity index (χ2n) is 5.61. The van der Waals surface area contributed by atoms with E-state index in [2.05, 4.69) is 4.74 Å². The van der Waals surface area contributed by atoms with Crippen LogP contribution in [0.5, 0.6) is 0 Å². The van der Waals surface area contributed by atoms with Crippen molar-refractivity contribution in [2.75, 3.05) is 7.11 Å². The smallest absolute Gasteiger partial charge is 0.421 e. The number of rotatable bonds is 7. The van der Waals surface area contributed by atoms with Crippen molar-refractivity contribution in [1.82, 2.24) is 4.72 Å². The zero-order chi connectivity index (χ0) is 19.9. The number of hydrogen-bond donors (Lipinski definition) is 2. The first-order chi connectivity index (χ1) is 12.8. The van der Waals surface area contributed by atoms with Gasteiger partial charge in [0, 0.05) is 0 Å². The molecule has 0 aliphatic heterocycles. The van der Waals surface area contributed by atoms with Crippen LogP contribution in [0.3, 0.4) is 0 Å². The maximum atomic E-state index is 12.5. The molecule has 2 aromatic rings. The number of benzene rings is 2. The fraction of sp³-hybridized carbons (Fsp3) is 0.222. The number of methoxy groups -OCH3 is 1. The van der Waals surface area contributed by atoms with Crippen molar-refractivity contribution in [3.8, 4) is 0 Å². The van der Waals surface area contributed by atoms with Gasteiger partial charge in [0.15, 0.2) is 0 Å². The number of nitrogens with one attached hydrogen (secondary N) is 1. The fourth-order valence-corrected chi connectivity index (χ4v) is 3.47. The normalized spacial score (nSPS) is 12.1. The molecule has 0 bridgehead atoms. The van der Waals surface area contributed by atoms with Crippen molar-refractivity contribution >= 4 is 22.1 Å². The minimum absolute atomic E-state index is 0.0666. The number of ether oxygens (including phenoxy) is 2. The number of hydrogen-bond acceptors (Lipinski definition) is 7. The summed E-state index contributed by atoms with van der Waals surface area (Å²) in [6, 6.07) is 13.7. The first kappa shape index (κ1) is 20.4. The molecule has 0 saturated carbocycles. The van der Waals surface area contributed by atoms with Crippen molar-refractivity contribution in [3.63, 3.8) is 0 Å². The molecule has 0 fully saturated rings. The van der Waals surface area contributed by atoms with E-state index in [0.717, 1.165) is 5.56 Å². The maximum absolute atomic E-state index is 12.5. The SMILES string of the molecule is COC(=O)[C@@H](N)Cc1ccccc1S(=O)(=O)NC(=O)OCc1ccccc1. The van der Waals surface area contributed by atoms with Crippen LogP contribution in [-0.2, 0) is 37.3 Å². The van der Waals surface area contributed by atoms with Crippen molar-refractivity contribution < 1.29 is 27.5 Å². The van der Waals surface area contributed by atoms with Gasteiger partial charge in [-0.2, -0.15) is 0 Å². The van der Waals surface area contributed by atoms with Gasteiger partial charge in [-0.1, -0.05) is 48.5 Å². The van der Waals surface area contributed by atoms with Crippen LogP contribution in [0.4, 0.5) is 4.79 Å².